The zero-order valence-electron chi connectivity index (χ0n) is 24.0. The van der Waals surface area contributed by atoms with Gasteiger partial charge in [-0.15, -0.1) is 0 Å². The monoisotopic (exact) mass is 543 g/mol. The van der Waals surface area contributed by atoms with E-state index in [0.717, 1.165) is 73.4 Å². The minimum absolute atomic E-state index is 0.139. The number of hydrogen-bond acceptors (Lipinski definition) is 6. The van der Waals surface area contributed by atoms with Crippen molar-refractivity contribution in [3.8, 4) is 0 Å². The number of carbonyl (C=O) groups is 1. The average molecular weight is 544 g/mol. The predicted octanol–water partition coefficient (Wildman–Crippen LogP) is 3.93. The lowest BCUT2D eigenvalue weighted by atomic mass is 9.96. The number of carbonyl (C=O) groups excluding carboxylic acids is 1. The van der Waals surface area contributed by atoms with Crippen molar-refractivity contribution in [3.63, 3.8) is 0 Å². The number of hydrogen-bond donors (Lipinski definition) is 3. The van der Waals surface area contributed by atoms with Crippen molar-refractivity contribution in [1.29, 1.82) is 0 Å². The van der Waals surface area contributed by atoms with Gasteiger partial charge >= 0.3 is 0 Å². The first kappa shape index (κ1) is 29.6. The van der Waals surface area contributed by atoms with E-state index in [2.05, 4.69) is 43.9 Å². The maximum absolute atomic E-state index is 13.1. The minimum Gasteiger partial charge on any atom is -0.339 e. The van der Waals surface area contributed by atoms with Crippen LogP contribution in [0.4, 0.5) is 0 Å². The van der Waals surface area contributed by atoms with Gasteiger partial charge in [0.25, 0.3) is 0 Å². The molecule has 40 heavy (non-hydrogen) atoms. The van der Waals surface area contributed by atoms with Gasteiger partial charge < -0.3 is 25.8 Å². The van der Waals surface area contributed by atoms with Crippen LogP contribution in [0.25, 0.3) is 23.1 Å². The molecule has 4 heterocycles. The molecule has 0 atom stereocenters. The zero-order chi connectivity index (χ0) is 28.2. The van der Waals surface area contributed by atoms with Gasteiger partial charge in [0, 0.05) is 67.5 Å². The van der Waals surface area contributed by atoms with E-state index in [-0.39, 0.29) is 5.91 Å². The molecular weight excluding hydrogens is 498 g/mol. The Morgan fingerprint density at radius 3 is 2.73 bits per heavy atom. The topological polar surface area (TPSA) is 101 Å². The van der Waals surface area contributed by atoms with Gasteiger partial charge in [0.05, 0.1) is 11.2 Å². The Kier molecular flexibility index (Phi) is 11.5. The smallest absolute Gasteiger partial charge is 0.242 e. The molecule has 1 amide bonds. The number of allylic oxidation sites excluding steroid dienone is 1. The summed E-state index contributed by atoms with van der Waals surface area (Å²) in [5, 5.41) is 7.86. The summed E-state index contributed by atoms with van der Waals surface area (Å²) in [6, 6.07) is 6.24. The Balaban J connectivity index is 0.000000307. The number of pyridine rings is 2. The molecule has 3 aromatic rings. The molecule has 0 unspecified atom stereocenters. The average Bonchev–Trinajstić information content (AvgIpc) is 3.30. The van der Waals surface area contributed by atoms with E-state index in [1.54, 1.807) is 0 Å². The first-order valence-electron chi connectivity index (χ1n) is 14.7. The van der Waals surface area contributed by atoms with Crippen molar-refractivity contribution in [1.82, 2.24) is 30.1 Å². The van der Waals surface area contributed by atoms with E-state index in [1.807, 2.05) is 48.5 Å². The van der Waals surface area contributed by atoms with Gasteiger partial charge in [-0.3, -0.25) is 14.8 Å². The summed E-state index contributed by atoms with van der Waals surface area (Å²) < 4.78 is 2.11. The van der Waals surface area contributed by atoms with E-state index in [9.17, 15) is 4.79 Å². The molecule has 214 valence electrons. The quantitative estimate of drug-likeness (QED) is 0.335. The lowest BCUT2D eigenvalue weighted by Gasteiger charge is -2.28. The van der Waals surface area contributed by atoms with E-state index < -0.39 is 0 Å². The largest absolute Gasteiger partial charge is 0.339 e. The maximum atomic E-state index is 13.1. The number of aryl methyl sites for hydroxylation is 2. The number of aromatic nitrogens is 3. The fraction of sp³-hybridized carbons (Fsp3) is 0.469. The van der Waals surface area contributed by atoms with Gasteiger partial charge in [0.15, 0.2) is 0 Å². The van der Waals surface area contributed by atoms with Gasteiger partial charge in [0.1, 0.15) is 6.54 Å². The molecule has 1 aliphatic heterocycles. The Labute approximate surface area is 238 Å². The number of nitrogens with zero attached hydrogens (tertiary/aromatic N) is 4. The first-order chi connectivity index (χ1) is 19.7. The Bertz CT molecular complexity index is 1260. The Morgan fingerprint density at radius 1 is 1.15 bits per heavy atom. The van der Waals surface area contributed by atoms with Crippen molar-refractivity contribution >= 4 is 29.0 Å². The molecular formula is C32H45N7O. The summed E-state index contributed by atoms with van der Waals surface area (Å²) in [7, 11) is 0. The second-order valence-electron chi connectivity index (χ2n) is 10.4. The normalized spacial score (nSPS) is 15.1. The van der Waals surface area contributed by atoms with E-state index in [4.69, 9.17) is 5.73 Å². The van der Waals surface area contributed by atoms with Crippen LogP contribution in [0.3, 0.4) is 0 Å². The molecule has 8 heteroatoms. The van der Waals surface area contributed by atoms with Crippen molar-refractivity contribution in [2.75, 3.05) is 39.3 Å². The molecule has 0 aromatic carbocycles. The maximum Gasteiger partial charge on any atom is 0.242 e. The van der Waals surface area contributed by atoms with E-state index >= 15 is 0 Å². The third-order valence-corrected chi connectivity index (χ3v) is 7.61. The Hall–Kier alpha value is -3.33. The number of unbranched alkanes of at least 4 members (excludes halogenated alkanes) is 1. The molecule has 0 saturated carbocycles. The first-order valence-corrected chi connectivity index (χ1v) is 14.7. The van der Waals surface area contributed by atoms with Crippen LogP contribution in [-0.2, 0) is 30.7 Å². The molecule has 1 fully saturated rings. The van der Waals surface area contributed by atoms with Gasteiger partial charge in [-0.1, -0.05) is 24.8 Å². The third-order valence-electron chi connectivity index (χ3n) is 7.61. The number of nitrogens with two attached hydrogens (primary N) is 1. The number of fused-ring (bicyclic) bond motifs is 2. The van der Waals surface area contributed by atoms with Crippen LogP contribution in [0.1, 0.15) is 60.8 Å². The summed E-state index contributed by atoms with van der Waals surface area (Å²) in [5.74, 6) is 0.139. The highest BCUT2D eigenvalue weighted by atomic mass is 16.2. The highest BCUT2D eigenvalue weighted by Crippen LogP contribution is 2.30. The van der Waals surface area contributed by atoms with Gasteiger partial charge in [-0.2, -0.15) is 0 Å². The van der Waals surface area contributed by atoms with Crippen molar-refractivity contribution in [3.05, 3.63) is 71.5 Å². The molecule has 1 saturated heterocycles. The molecule has 5 rings (SSSR count). The van der Waals surface area contributed by atoms with Crippen LogP contribution in [-0.4, -0.2) is 64.6 Å². The highest BCUT2D eigenvalue weighted by Gasteiger charge is 2.22. The van der Waals surface area contributed by atoms with E-state index in [0.29, 0.717) is 19.6 Å². The van der Waals surface area contributed by atoms with Crippen LogP contribution >= 0.6 is 0 Å². The fourth-order valence-corrected chi connectivity index (χ4v) is 5.55. The van der Waals surface area contributed by atoms with Crippen LogP contribution in [0.5, 0.6) is 0 Å². The fourth-order valence-electron chi connectivity index (χ4n) is 5.55. The third kappa shape index (κ3) is 7.44. The standard InChI is InChI=1S/C23H34N6O.C9H11N/c1-3-7-21-18(4-2)19-8-11-27-20(16-26-10-6-5-9-24)23(19)29(21)17-22(30)28-14-12-25-13-15-28;1-2-6-9-8(4-1)5-3-7-10-9/h3-4,7-8,11,25-26H,2,5-6,9-10,12-17,24H2,1H3;3,5,7H,1-2,4,6H2/b7-3-;. The lowest BCUT2D eigenvalue weighted by Crippen LogP contribution is -2.47. The van der Waals surface area contributed by atoms with Crippen LogP contribution in [0, 0.1) is 0 Å². The minimum atomic E-state index is 0.139. The number of nitrogens with one attached hydrogen (secondary N) is 2. The van der Waals surface area contributed by atoms with Gasteiger partial charge in [-0.05, 0) is 82.3 Å². The second kappa shape index (κ2) is 15.5. The number of rotatable bonds is 10. The summed E-state index contributed by atoms with van der Waals surface area (Å²) >= 11 is 0. The van der Waals surface area contributed by atoms with Crippen LogP contribution < -0.4 is 16.4 Å². The SMILES string of the molecule is C=Cc1c(/C=C\C)n(CC(=O)N2CCNCC2)c2c(CNCCCCN)nccc12.c1cnc2c(c1)CCCC2. The second-order valence-corrected chi connectivity index (χ2v) is 10.4. The van der Waals surface area contributed by atoms with E-state index in [1.165, 1.54) is 36.9 Å². The lowest BCUT2D eigenvalue weighted by molar-refractivity contribution is -0.132. The van der Waals surface area contributed by atoms with Gasteiger partial charge in [0.2, 0.25) is 5.91 Å². The molecule has 0 spiro atoms. The highest BCUT2D eigenvalue weighted by molar-refractivity contribution is 5.96. The zero-order valence-corrected chi connectivity index (χ0v) is 24.0. The molecule has 3 aromatic heterocycles. The summed E-state index contributed by atoms with van der Waals surface area (Å²) in [5.41, 5.74) is 12.4. The Morgan fingerprint density at radius 2 is 1.98 bits per heavy atom. The molecule has 0 radical (unpaired) electrons. The van der Waals surface area contributed by atoms with Crippen LogP contribution in [0.15, 0.2) is 43.2 Å². The number of piperazine rings is 1. The molecule has 8 nitrogen and oxygen atoms in total. The summed E-state index contributed by atoms with van der Waals surface area (Å²) in [6.45, 7) is 11.8. The molecule has 2 aliphatic rings. The molecule has 1 aliphatic carbocycles. The molecule has 0 bridgehead atoms. The van der Waals surface area contributed by atoms with Crippen molar-refractivity contribution < 1.29 is 4.79 Å². The van der Waals surface area contributed by atoms with Gasteiger partial charge in [-0.25, -0.2) is 0 Å². The molecule has 4 N–H and O–H groups in total. The van der Waals surface area contributed by atoms with Crippen molar-refractivity contribution in [2.45, 2.75) is 58.5 Å². The number of amides is 1. The predicted molar refractivity (Wildman–Crippen MR) is 165 cm³/mol. The summed E-state index contributed by atoms with van der Waals surface area (Å²) in [6.07, 6.45) is 16.8. The summed E-state index contributed by atoms with van der Waals surface area (Å²) in [4.78, 5) is 24.0. The van der Waals surface area contributed by atoms with Crippen LogP contribution in [0.2, 0.25) is 0 Å². The van der Waals surface area contributed by atoms with Crippen molar-refractivity contribution in [2.24, 2.45) is 5.73 Å².